The number of nitrogens with zero attached hydrogens (tertiary/aromatic N) is 2. The van der Waals surface area contributed by atoms with E-state index in [2.05, 4.69) is 31.9 Å². The zero-order valence-electron chi connectivity index (χ0n) is 16.5. The van der Waals surface area contributed by atoms with Gasteiger partial charge >= 0.3 is 0 Å². The second-order valence-corrected chi connectivity index (χ2v) is 10.3. The monoisotopic (exact) mass is 575 g/mol. The van der Waals surface area contributed by atoms with Crippen LogP contribution in [0.15, 0.2) is 85.4 Å². The first-order valence-corrected chi connectivity index (χ1v) is 12.4. The Kier molecular flexibility index (Phi) is 6.02. The van der Waals surface area contributed by atoms with Gasteiger partial charge in [0, 0.05) is 21.4 Å². The Bertz CT molecular complexity index is 1520. The smallest absolute Gasteiger partial charge is 0.266 e. The normalized spacial score (nSPS) is 11.5. The van der Waals surface area contributed by atoms with Gasteiger partial charge in [-0.05, 0) is 52.3 Å². The van der Waals surface area contributed by atoms with Gasteiger partial charge in [0.15, 0.2) is 0 Å². The number of aromatic nitrogens is 2. The molecule has 0 bridgehead atoms. The summed E-state index contributed by atoms with van der Waals surface area (Å²) in [7, 11) is -3.99. The topological polar surface area (TPSA) is 98.1 Å². The first-order chi connectivity index (χ1) is 15.2. The van der Waals surface area contributed by atoms with E-state index in [0.29, 0.717) is 31.4 Å². The van der Waals surface area contributed by atoms with Crippen LogP contribution in [-0.4, -0.2) is 23.9 Å². The summed E-state index contributed by atoms with van der Waals surface area (Å²) in [5.41, 5.74) is 1.35. The largest absolute Gasteiger partial charge is 0.274 e. The third kappa shape index (κ3) is 4.25. The molecule has 1 amide bonds. The van der Waals surface area contributed by atoms with Crippen LogP contribution in [0.3, 0.4) is 0 Å². The standard InChI is InChI=1S/C22H15Br2N3O4S/c1-13(28)26-32(30,31)17-9-7-16(8-10-17)27-21(14-5-3-2-4-6-14)25-20-18(22(27)29)11-15(23)12-19(20)24/h2-12H,1H3,(H,26,28). The van der Waals surface area contributed by atoms with E-state index in [1.165, 1.54) is 28.8 Å². The minimum absolute atomic E-state index is 0.0926. The first-order valence-electron chi connectivity index (χ1n) is 9.28. The summed E-state index contributed by atoms with van der Waals surface area (Å²) >= 11 is 6.88. The maximum Gasteiger partial charge on any atom is 0.266 e. The number of carbonyl (C=O) groups excluding carboxylic acids is 1. The van der Waals surface area contributed by atoms with Crippen LogP contribution in [-0.2, 0) is 14.8 Å². The Labute approximate surface area is 200 Å². The van der Waals surface area contributed by atoms with E-state index < -0.39 is 15.9 Å². The number of sulfonamides is 1. The van der Waals surface area contributed by atoms with Crippen molar-refractivity contribution in [1.29, 1.82) is 0 Å². The van der Waals surface area contributed by atoms with Crippen LogP contribution >= 0.6 is 31.9 Å². The van der Waals surface area contributed by atoms with E-state index >= 15 is 0 Å². The highest BCUT2D eigenvalue weighted by molar-refractivity contribution is 9.11. The minimum Gasteiger partial charge on any atom is -0.274 e. The number of amides is 1. The summed E-state index contributed by atoms with van der Waals surface area (Å²) in [6.45, 7) is 1.12. The van der Waals surface area contributed by atoms with Crippen molar-refractivity contribution in [2.24, 2.45) is 0 Å². The second-order valence-electron chi connectivity index (χ2n) is 6.88. The van der Waals surface area contributed by atoms with Gasteiger partial charge in [0.1, 0.15) is 5.82 Å². The number of fused-ring (bicyclic) bond motifs is 1. The fourth-order valence-electron chi connectivity index (χ4n) is 3.26. The average molecular weight is 577 g/mol. The molecule has 3 aromatic carbocycles. The van der Waals surface area contributed by atoms with E-state index in [1.807, 2.05) is 41.1 Å². The summed E-state index contributed by atoms with van der Waals surface area (Å²) < 4.78 is 29.3. The van der Waals surface area contributed by atoms with Crippen LogP contribution in [0.4, 0.5) is 0 Å². The molecule has 0 radical (unpaired) electrons. The molecule has 1 N–H and O–H groups in total. The van der Waals surface area contributed by atoms with E-state index in [1.54, 1.807) is 6.07 Å². The third-order valence-corrected chi connectivity index (χ3v) is 7.12. The lowest BCUT2D eigenvalue weighted by Gasteiger charge is -2.15. The predicted molar refractivity (Wildman–Crippen MR) is 129 cm³/mol. The molecule has 0 saturated carbocycles. The summed E-state index contributed by atoms with van der Waals surface area (Å²) in [5, 5.41) is 0.390. The van der Waals surface area contributed by atoms with Gasteiger partial charge in [0.2, 0.25) is 5.91 Å². The number of benzene rings is 3. The molecule has 7 nitrogen and oxygen atoms in total. The van der Waals surface area contributed by atoms with Gasteiger partial charge in [-0.15, -0.1) is 0 Å². The van der Waals surface area contributed by atoms with Gasteiger partial charge in [0.25, 0.3) is 15.6 Å². The van der Waals surface area contributed by atoms with Crippen molar-refractivity contribution in [3.63, 3.8) is 0 Å². The fraction of sp³-hybridized carbons (Fsp3) is 0.0455. The van der Waals surface area contributed by atoms with Crippen molar-refractivity contribution in [3.05, 3.63) is 86.0 Å². The number of halogens is 2. The van der Waals surface area contributed by atoms with E-state index in [-0.39, 0.29) is 10.5 Å². The molecule has 4 aromatic rings. The van der Waals surface area contributed by atoms with Crippen molar-refractivity contribution >= 4 is 58.7 Å². The molecule has 0 aliphatic heterocycles. The predicted octanol–water partition coefficient (Wildman–Crippen LogP) is 4.40. The number of hydrogen-bond donors (Lipinski definition) is 1. The van der Waals surface area contributed by atoms with Crippen LogP contribution in [0.1, 0.15) is 6.92 Å². The highest BCUT2D eigenvalue weighted by Crippen LogP contribution is 2.29. The SMILES string of the molecule is CC(=O)NS(=O)(=O)c1ccc(-n2c(-c3ccccc3)nc3c(Br)cc(Br)cc3c2=O)cc1. The molecule has 1 aromatic heterocycles. The number of rotatable bonds is 4. The number of nitrogens with one attached hydrogen (secondary N) is 1. The molecule has 0 unspecified atom stereocenters. The molecule has 10 heteroatoms. The molecule has 0 fully saturated rings. The molecule has 1 heterocycles. The van der Waals surface area contributed by atoms with Crippen LogP contribution in [0.25, 0.3) is 28.0 Å². The maximum atomic E-state index is 13.6. The van der Waals surface area contributed by atoms with E-state index in [9.17, 15) is 18.0 Å². The van der Waals surface area contributed by atoms with Gasteiger partial charge in [-0.25, -0.2) is 18.1 Å². The van der Waals surface area contributed by atoms with Crippen molar-refractivity contribution < 1.29 is 13.2 Å². The molecule has 0 atom stereocenters. The molecule has 162 valence electrons. The van der Waals surface area contributed by atoms with Crippen LogP contribution < -0.4 is 10.3 Å². The summed E-state index contributed by atoms with van der Waals surface area (Å²) in [6, 6.07) is 18.4. The maximum absolute atomic E-state index is 13.6. The highest BCUT2D eigenvalue weighted by Gasteiger charge is 2.19. The van der Waals surface area contributed by atoms with Gasteiger partial charge < -0.3 is 0 Å². The quantitative estimate of drug-likeness (QED) is 0.388. The Morgan fingerprint density at radius 1 is 1.00 bits per heavy atom. The van der Waals surface area contributed by atoms with Gasteiger partial charge in [-0.3, -0.25) is 14.2 Å². The zero-order valence-corrected chi connectivity index (χ0v) is 20.5. The molecule has 0 spiro atoms. The Balaban J connectivity index is 1.98. The van der Waals surface area contributed by atoms with Crippen molar-refractivity contribution in [2.75, 3.05) is 0 Å². The van der Waals surface area contributed by atoms with Crippen molar-refractivity contribution in [1.82, 2.24) is 14.3 Å². The molecular formula is C22H15Br2N3O4S. The fourth-order valence-corrected chi connectivity index (χ4v) is 5.56. The Hall–Kier alpha value is -2.82. The van der Waals surface area contributed by atoms with Gasteiger partial charge in [-0.2, -0.15) is 0 Å². The number of hydrogen-bond acceptors (Lipinski definition) is 5. The average Bonchev–Trinajstić information content (AvgIpc) is 2.74. The summed E-state index contributed by atoms with van der Waals surface area (Å²) in [5.74, 6) is -0.282. The Morgan fingerprint density at radius 2 is 1.66 bits per heavy atom. The molecule has 0 saturated heterocycles. The molecule has 0 aliphatic rings. The van der Waals surface area contributed by atoms with Crippen LogP contribution in [0, 0.1) is 0 Å². The van der Waals surface area contributed by atoms with Crippen molar-refractivity contribution in [3.8, 4) is 17.1 Å². The lowest BCUT2D eigenvalue weighted by Crippen LogP contribution is -2.28. The molecular weight excluding hydrogens is 562 g/mol. The molecule has 32 heavy (non-hydrogen) atoms. The first kappa shape index (κ1) is 22.4. The van der Waals surface area contributed by atoms with Gasteiger partial charge in [0.05, 0.1) is 21.5 Å². The highest BCUT2D eigenvalue weighted by atomic mass is 79.9. The van der Waals surface area contributed by atoms with Gasteiger partial charge in [-0.1, -0.05) is 46.3 Å². The molecule has 4 rings (SSSR count). The second kappa shape index (κ2) is 8.61. The summed E-state index contributed by atoms with van der Waals surface area (Å²) in [4.78, 5) is 29.4. The zero-order chi connectivity index (χ0) is 23.0. The Morgan fingerprint density at radius 3 is 2.28 bits per heavy atom. The van der Waals surface area contributed by atoms with Crippen LogP contribution in [0.2, 0.25) is 0 Å². The van der Waals surface area contributed by atoms with Crippen LogP contribution in [0.5, 0.6) is 0 Å². The summed E-state index contributed by atoms with van der Waals surface area (Å²) in [6.07, 6.45) is 0. The minimum atomic E-state index is -3.99. The molecule has 0 aliphatic carbocycles. The lowest BCUT2D eigenvalue weighted by molar-refractivity contribution is -0.117. The van der Waals surface area contributed by atoms with Crippen molar-refractivity contribution in [2.45, 2.75) is 11.8 Å². The number of carbonyl (C=O) groups is 1. The third-order valence-electron chi connectivity index (χ3n) is 4.61. The van der Waals surface area contributed by atoms with E-state index in [4.69, 9.17) is 4.98 Å². The lowest BCUT2D eigenvalue weighted by atomic mass is 10.1. The van der Waals surface area contributed by atoms with E-state index in [0.717, 1.165) is 12.5 Å².